The zero-order chi connectivity index (χ0) is 11.3. The number of unbranched alkanes of at least 4 members (excludes halogenated alkanes) is 3. The summed E-state index contributed by atoms with van der Waals surface area (Å²) in [5.74, 6) is -3.58. The van der Waals surface area contributed by atoms with Crippen LogP contribution in [0.3, 0.4) is 0 Å². The quantitative estimate of drug-likeness (QED) is 0.510. The maximum absolute atomic E-state index is 12.8. The van der Waals surface area contributed by atoms with Crippen molar-refractivity contribution < 1.29 is 13.2 Å². The van der Waals surface area contributed by atoms with Crippen LogP contribution in [0.1, 0.15) is 38.2 Å². The van der Waals surface area contributed by atoms with Crippen LogP contribution in [0.2, 0.25) is 0 Å². The molecule has 0 N–H and O–H groups in total. The third kappa shape index (κ3) is 3.57. The summed E-state index contributed by atoms with van der Waals surface area (Å²) in [5, 5.41) is 0. The maximum atomic E-state index is 12.8. The molecule has 84 valence electrons. The van der Waals surface area contributed by atoms with Gasteiger partial charge in [0.25, 0.3) is 0 Å². The van der Waals surface area contributed by atoms with E-state index in [0.29, 0.717) is 12.0 Å². The summed E-state index contributed by atoms with van der Waals surface area (Å²) in [7, 11) is 0. The minimum Gasteiger partial charge on any atom is -0.204 e. The van der Waals surface area contributed by atoms with Crippen molar-refractivity contribution in [2.45, 2.75) is 39.0 Å². The number of aryl methyl sites for hydroxylation is 1. The number of rotatable bonds is 5. The normalized spacial score (nSPS) is 10.7. The number of hydrogen-bond acceptors (Lipinski definition) is 0. The summed E-state index contributed by atoms with van der Waals surface area (Å²) in [6.07, 6.45) is 4.77. The van der Waals surface area contributed by atoms with Crippen molar-refractivity contribution in [1.29, 1.82) is 0 Å². The molecule has 0 atom stereocenters. The van der Waals surface area contributed by atoms with E-state index in [4.69, 9.17) is 0 Å². The standard InChI is InChI=1S/C12H15F3/c1-2-3-4-5-6-9-7-10(13)12(15)11(14)8-9/h7-8H,2-6H2,1H3. The van der Waals surface area contributed by atoms with E-state index in [0.717, 1.165) is 37.8 Å². The van der Waals surface area contributed by atoms with E-state index in [9.17, 15) is 13.2 Å². The third-order valence-electron chi connectivity index (χ3n) is 2.36. The summed E-state index contributed by atoms with van der Waals surface area (Å²) in [6, 6.07) is 2.15. The lowest BCUT2D eigenvalue weighted by molar-refractivity contribution is 0.445. The van der Waals surface area contributed by atoms with Crippen LogP contribution < -0.4 is 0 Å². The van der Waals surface area contributed by atoms with Crippen molar-refractivity contribution in [1.82, 2.24) is 0 Å². The van der Waals surface area contributed by atoms with Crippen LogP contribution >= 0.6 is 0 Å². The fraction of sp³-hybridized carbons (Fsp3) is 0.500. The fourth-order valence-corrected chi connectivity index (χ4v) is 1.51. The molecule has 0 aromatic heterocycles. The lowest BCUT2D eigenvalue weighted by Gasteiger charge is -2.03. The number of halogens is 3. The van der Waals surface area contributed by atoms with Crippen molar-refractivity contribution >= 4 is 0 Å². The second-order valence-electron chi connectivity index (χ2n) is 3.68. The van der Waals surface area contributed by atoms with Crippen molar-refractivity contribution in [3.63, 3.8) is 0 Å². The van der Waals surface area contributed by atoms with Crippen LogP contribution in [0.5, 0.6) is 0 Å². The predicted octanol–water partition coefficient (Wildman–Crippen LogP) is 4.23. The molecular formula is C12H15F3. The first-order valence-corrected chi connectivity index (χ1v) is 5.28. The highest BCUT2D eigenvalue weighted by Gasteiger charge is 2.09. The molecule has 0 aliphatic rings. The Morgan fingerprint density at radius 2 is 1.53 bits per heavy atom. The highest BCUT2D eigenvalue weighted by Crippen LogP contribution is 2.15. The molecule has 0 nitrogen and oxygen atoms in total. The first-order chi connectivity index (χ1) is 7.15. The molecule has 1 aromatic rings. The van der Waals surface area contributed by atoms with Crippen LogP contribution in [0, 0.1) is 17.5 Å². The monoisotopic (exact) mass is 216 g/mol. The summed E-state index contributed by atoms with van der Waals surface area (Å²) in [6.45, 7) is 2.09. The van der Waals surface area contributed by atoms with Crippen molar-refractivity contribution in [2.24, 2.45) is 0 Å². The third-order valence-corrected chi connectivity index (χ3v) is 2.36. The van der Waals surface area contributed by atoms with E-state index in [2.05, 4.69) is 6.92 Å². The maximum Gasteiger partial charge on any atom is 0.194 e. The first-order valence-electron chi connectivity index (χ1n) is 5.28. The lowest BCUT2D eigenvalue weighted by Crippen LogP contribution is -1.95. The summed E-state index contributed by atoms with van der Waals surface area (Å²) in [4.78, 5) is 0. The molecule has 0 aliphatic carbocycles. The first kappa shape index (κ1) is 12.1. The largest absolute Gasteiger partial charge is 0.204 e. The van der Waals surface area contributed by atoms with Gasteiger partial charge < -0.3 is 0 Å². The molecule has 1 rings (SSSR count). The average Bonchev–Trinajstić information content (AvgIpc) is 2.21. The Kier molecular flexibility index (Phi) is 4.66. The van der Waals surface area contributed by atoms with Crippen LogP contribution in [-0.2, 0) is 6.42 Å². The Morgan fingerprint density at radius 3 is 2.07 bits per heavy atom. The Balaban J connectivity index is 2.55. The zero-order valence-electron chi connectivity index (χ0n) is 8.82. The van der Waals surface area contributed by atoms with Crippen LogP contribution in [0.25, 0.3) is 0 Å². The van der Waals surface area contributed by atoms with Gasteiger partial charge in [-0.15, -0.1) is 0 Å². The van der Waals surface area contributed by atoms with Gasteiger partial charge in [-0.25, -0.2) is 13.2 Å². The SMILES string of the molecule is CCCCCCc1cc(F)c(F)c(F)c1. The van der Waals surface area contributed by atoms with Gasteiger partial charge >= 0.3 is 0 Å². The molecule has 3 heteroatoms. The van der Waals surface area contributed by atoms with E-state index in [-0.39, 0.29) is 0 Å². The van der Waals surface area contributed by atoms with E-state index >= 15 is 0 Å². The van der Waals surface area contributed by atoms with Gasteiger partial charge in [-0.1, -0.05) is 26.2 Å². The topological polar surface area (TPSA) is 0 Å². The second-order valence-corrected chi connectivity index (χ2v) is 3.68. The molecule has 15 heavy (non-hydrogen) atoms. The van der Waals surface area contributed by atoms with Gasteiger partial charge in [0, 0.05) is 0 Å². The summed E-state index contributed by atoms with van der Waals surface area (Å²) < 4.78 is 38.2. The molecule has 0 saturated carbocycles. The molecule has 0 fully saturated rings. The summed E-state index contributed by atoms with van der Waals surface area (Å²) >= 11 is 0. The van der Waals surface area contributed by atoms with Gasteiger partial charge in [0.15, 0.2) is 17.5 Å². The van der Waals surface area contributed by atoms with E-state index in [1.807, 2.05) is 0 Å². The molecule has 0 saturated heterocycles. The molecule has 0 radical (unpaired) electrons. The Labute approximate surface area is 88.1 Å². The van der Waals surface area contributed by atoms with Gasteiger partial charge in [-0.3, -0.25) is 0 Å². The summed E-state index contributed by atoms with van der Waals surface area (Å²) in [5.41, 5.74) is 0.530. The minimum atomic E-state index is -1.38. The molecule has 0 spiro atoms. The van der Waals surface area contributed by atoms with E-state index < -0.39 is 17.5 Å². The Hall–Kier alpha value is -0.990. The van der Waals surface area contributed by atoms with Gasteiger partial charge in [-0.05, 0) is 30.5 Å². The Bertz CT molecular complexity index is 298. The zero-order valence-corrected chi connectivity index (χ0v) is 8.82. The van der Waals surface area contributed by atoms with Crippen LogP contribution in [0.4, 0.5) is 13.2 Å². The van der Waals surface area contributed by atoms with E-state index in [1.54, 1.807) is 0 Å². The van der Waals surface area contributed by atoms with E-state index in [1.165, 1.54) is 0 Å². The van der Waals surface area contributed by atoms with Crippen LogP contribution in [0.15, 0.2) is 12.1 Å². The number of benzene rings is 1. The van der Waals surface area contributed by atoms with Gasteiger partial charge in [-0.2, -0.15) is 0 Å². The lowest BCUT2D eigenvalue weighted by atomic mass is 10.1. The minimum absolute atomic E-state index is 0.530. The molecule has 0 aliphatic heterocycles. The van der Waals surface area contributed by atoms with Gasteiger partial charge in [0.1, 0.15) is 0 Å². The molecule has 0 unspecified atom stereocenters. The predicted molar refractivity (Wildman–Crippen MR) is 54.2 cm³/mol. The highest BCUT2D eigenvalue weighted by molar-refractivity contribution is 5.19. The molecule has 0 heterocycles. The fourth-order valence-electron chi connectivity index (χ4n) is 1.51. The van der Waals surface area contributed by atoms with Crippen molar-refractivity contribution in [3.8, 4) is 0 Å². The molecule has 1 aromatic carbocycles. The molecule has 0 amide bonds. The molecular weight excluding hydrogens is 201 g/mol. The second kappa shape index (κ2) is 5.79. The Morgan fingerprint density at radius 1 is 0.933 bits per heavy atom. The van der Waals surface area contributed by atoms with Crippen molar-refractivity contribution in [2.75, 3.05) is 0 Å². The number of hydrogen-bond donors (Lipinski definition) is 0. The smallest absolute Gasteiger partial charge is 0.194 e. The van der Waals surface area contributed by atoms with Gasteiger partial charge in [0.05, 0.1) is 0 Å². The molecule has 0 bridgehead atoms. The van der Waals surface area contributed by atoms with Gasteiger partial charge in [0.2, 0.25) is 0 Å². The van der Waals surface area contributed by atoms with Crippen LogP contribution in [-0.4, -0.2) is 0 Å². The average molecular weight is 216 g/mol. The van der Waals surface area contributed by atoms with Crippen molar-refractivity contribution in [3.05, 3.63) is 35.1 Å². The highest BCUT2D eigenvalue weighted by atomic mass is 19.2.